The predicted molar refractivity (Wildman–Crippen MR) is 49.2 cm³/mol. The first kappa shape index (κ1) is 16.3. The molecule has 0 bridgehead atoms. The van der Waals surface area contributed by atoms with Gasteiger partial charge in [-0.2, -0.15) is 18.4 Å². The summed E-state index contributed by atoms with van der Waals surface area (Å²) in [5.41, 5.74) is 0. The van der Waals surface area contributed by atoms with Crippen molar-refractivity contribution in [1.82, 2.24) is 4.98 Å². The number of rotatable bonds is 0. The van der Waals surface area contributed by atoms with Crippen LogP contribution in [0.1, 0.15) is 6.92 Å². The van der Waals surface area contributed by atoms with E-state index >= 15 is 0 Å². The average molecular weight is 234 g/mol. The number of carboxylic acids is 1. The van der Waals surface area contributed by atoms with Crippen LogP contribution in [0.2, 0.25) is 0 Å². The van der Waals surface area contributed by atoms with Crippen LogP contribution in [0.5, 0.6) is 0 Å². The second-order valence-corrected chi connectivity index (χ2v) is 2.05. The van der Waals surface area contributed by atoms with Gasteiger partial charge in [0.1, 0.15) is 0 Å². The van der Waals surface area contributed by atoms with E-state index in [1.165, 1.54) is 6.92 Å². The average Bonchev–Trinajstić information content (AvgIpc) is 2.21. The lowest BCUT2D eigenvalue weighted by Crippen LogP contribution is -2.21. The van der Waals surface area contributed by atoms with Crippen molar-refractivity contribution in [2.75, 3.05) is 0 Å². The minimum atomic E-state index is -5.08. The zero-order chi connectivity index (χ0) is 13.0. The lowest BCUT2D eigenvalue weighted by molar-refractivity contribution is -0.192. The topological polar surface area (TPSA) is 74.0 Å². The van der Waals surface area contributed by atoms with E-state index < -0.39 is 12.1 Å². The van der Waals surface area contributed by atoms with Crippen molar-refractivity contribution in [2.45, 2.75) is 13.1 Å². The van der Waals surface area contributed by atoms with Crippen LogP contribution in [0.4, 0.5) is 13.2 Å². The van der Waals surface area contributed by atoms with E-state index in [0.29, 0.717) is 0 Å². The molecule has 0 aliphatic heterocycles. The minimum Gasteiger partial charge on any atom is -0.475 e. The maximum Gasteiger partial charge on any atom is 0.490 e. The van der Waals surface area contributed by atoms with Crippen LogP contribution >= 0.6 is 0 Å². The highest BCUT2D eigenvalue weighted by Crippen LogP contribution is 2.13. The fraction of sp³-hybridized carbons (Fsp3) is 0.222. The molecule has 1 N–H and O–H groups in total. The largest absolute Gasteiger partial charge is 0.490 e. The number of halogens is 3. The van der Waals surface area contributed by atoms with E-state index in [1.807, 2.05) is 18.2 Å². The number of hydrogen-bond acceptors (Lipinski definition) is 3. The fourth-order valence-electron chi connectivity index (χ4n) is 0.313. The molecule has 0 unspecified atom stereocenters. The second-order valence-electron chi connectivity index (χ2n) is 2.05. The molecule has 16 heavy (non-hydrogen) atoms. The highest BCUT2D eigenvalue weighted by molar-refractivity contribution is 5.73. The molecule has 88 valence electrons. The van der Waals surface area contributed by atoms with E-state index in [1.54, 1.807) is 18.5 Å². The van der Waals surface area contributed by atoms with E-state index in [9.17, 15) is 13.2 Å². The summed E-state index contributed by atoms with van der Waals surface area (Å²) in [6.07, 6.45) is -1.58. The SMILES string of the molecule is CC#N.O=C(O)C(F)(F)F.c1ccncc1. The Labute approximate surface area is 90.0 Å². The number of nitriles is 1. The predicted octanol–water partition coefficient (Wildman–Crippen LogP) is 2.24. The lowest BCUT2D eigenvalue weighted by Gasteiger charge is -1.93. The van der Waals surface area contributed by atoms with Gasteiger partial charge in [-0.05, 0) is 12.1 Å². The quantitative estimate of drug-likeness (QED) is 0.747. The zero-order valence-corrected chi connectivity index (χ0v) is 8.27. The first-order chi connectivity index (χ1) is 7.36. The Hall–Kier alpha value is -2.10. The van der Waals surface area contributed by atoms with Crippen LogP contribution in [0.25, 0.3) is 0 Å². The van der Waals surface area contributed by atoms with Crippen molar-refractivity contribution in [3.05, 3.63) is 30.6 Å². The minimum absolute atomic E-state index is 1.43. The van der Waals surface area contributed by atoms with Gasteiger partial charge in [0.25, 0.3) is 0 Å². The number of alkyl halides is 3. The molecule has 0 amide bonds. The number of nitrogens with zero attached hydrogens (tertiary/aromatic N) is 2. The van der Waals surface area contributed by atoms with Crippen molar-refractivity contribution in [3.8, 4) is 6.07 Å². The molecule has 4 nitrogen and oxygen atoms in total. The van der Waals surface area contributed by atoms with Crippen molar-refractivity contribution in [3.63, 3.8) is 0 Å². The molecule has 0 saturated heterocycles. The molecule has 0 fully saturated rings. The Kier molecular flexibility index (Phi) is 9.65. The molecule has 0 aliphatic rings. The summed E-state index contributed by atoms with van der Waals surface area (Å²) in [6, 6.07) is 7.47. The highest BCUT2D eigenvalue weighted by atomic mass is 19.4. The molecule has 1 rings (SSSR count). The smallest absolute Gasteiger partial charge is 0.475 e. The molecule has 1 aromatic rings. The van der Waals surface area contributed by atoms with E-state index in [0.717, 1.165) is 0 Å². The molecule has 0 spiro atoms. The summed E-state index contributed by atoms with van der Waals surface area (Å²) in [6.45, 7) is 1.43. The lowest BCUT2D eigenvalue weighted by atomic mass is 10.5. The molecule has 0 atom stereocenters. The first-order valence-electron chi connectivity index (χ1n) is 3.82. The molecule has 0 aliphatic carbocycles. The Morgan fingerprint density at radius 3 is 1.69 bits per heavy atom. The Bertz CT molecular complexity index is 293. The summed E-state index contributed by atoms with van der Waals surface area (Å²) < 4.78 is 31.7. The van der Waals surface area contributed by atoms with Gasteiger partial charge in [-0.1, -0.05) is 6.07 Å². The van der Waals surface area contributed by atoms with Gasteiger partial charge in [-0.25, -0.2) is 4.79 Å². The van der Waals surface area contributed by atoms with Crippen molar-refractivity contribution in [1.29, 1.82) is 5.26 Å². The summed E-state index contributed by atoms with van der Waals surface area (Å²) in [5, 5.41) is 14.4. The van der Waals surface area contributed by atoms with Gasteiger partial charge in [-0.15, -0.1) is 0 Å². The maximum absolute atomic E-state index is 10.6. The standard InChI is InChI=1S/C5H5N.C2HF3O2.C2H3N/c1-2-4-6-5-3-1;3-2(4,5)1(6)7;1-2-3/h1-5H;(H,6,7);1H3. The zero-order valence-electron chi connectivity index (χ0n) is 8.27. The molecular weight excluding hydrogens is 225 g/mol. The van der Waals surface area contributed by atoms with Gasteiger partial charge >= 0.3 is 12.1 Å². The third kappa shape index (κ3) is 14.4. The number of carbonyl (C=O) groups is 1. The number of pyridine rings is 1. The van der Waals surface area contributed by atoms with Gasteiger partial charge < -0.3 is 5.11 Å². The third-order valence-electron chi connectivity index (χ3n) is 0.809. The van der Waals surface area contributed by atoms with Gasteiger partial charge in [-0.3, -0.25) is 4.98 Å². The molecule has 0 saturated carbocycles. The van der Waals surface area contributed by atoms with Crippen LogP contribution < -0.4 is 0 Å². The normalized spacial score (nSPS) is 8.44. The monoisotopic (exact) mass is 234 g/mol. The van der Waals surface area contributed by atoms with Gasteiger partial charge in [0.2, 0.25) is 0 Å². The highest BCUT2D eigenvalue weighted by Gasteiger charge is 2.38. The summed E-state index contributed by atoms with van der Waals surface area (Å²) in [5.74, 6) is -2.76. The van der Waals surface area contributed by atoms with Crippen molar-refractivity contribution in [2.24, 2.45) is 0 Å². The Balaban J connectivity index is 0. The van der Waals surface area contributed by atoms with Crippen molar-refractivity contribution >= 4 is 5.97 Å². The maximum atomic E-state index is 10.6. The van der Waals surface area contributed by atoms with E-state index in [2.05, 4.69) is 4.98 Å². The summed E-state index contributed by atoms with van der Waals surface area (Å²) in [7, 11) is 0. The number of carboxylic acid groups (broad SMARTS) is 1. The molecular formula is C9H9F3N2O2. The van der Waals surface area contributed by atoms with Crippen LogP contribution in [0, 0.1) is 11.3 Å². The first-order valence-corrected chi connectivity index (χ1v) is 3.82. The Morgan fingerprint density at radius 2 is 1.62 bits per heavy atom. The van der Waals surface area contributed by atoms with Gasteiger partial charge in [0, 0.05) is 19.3 Å². The third-order valence-corrected chi connectivity index (χ3v) is 0.809. The van der Waals surface area contributed by atoms with Crippen LogP contribution in [0.15, 0.2) is 30.6 Å². The van der Waals surface area contributed by atoms with E-state index in [4.69, 9.17) is 15.2 Å². The Morgan fingerprint density at radius 1 is 1.31 bits per heavy atom. The van der Waals surface area contributed by atoms with Crippen LogP contribution in [-0.4, -0.2) is 22.2 Å². The number of hydrogen-bond donors (Lipinski definition) is 1. The molecule has 0 radical (unpaired) electrons. The molecule has 1 heterocycles. The van der Waals surface area contributed by atoms with Gasteiger partial charge in [0.15, 0.2) is 0 Å². The molecule has 7 heteroatoms. The van der Waals surface area contributed by atoms with E-state index in [-0.39, 0.29) is 0 Å². The summed E-state index contributed by atoms with van der Waals surface area (Å²) >= 11 is 0. The number of aliphatic carboxylic acids is 1. The van der Waals surface area contributed by atoms with Crippen LogP contribution in [0.3, 0.4) is 0 Å². The van der Waals surface area contributed by atoms with Gasteiger partial charge in [0.05, 0.1) is 6.07 Å². The number of aromatic nitrogens is 1. The second kappa shape index (κ2) is 9.45. The molecule has 0 aromatic carbocycles. The fourth-order valence-corrected chi connectivity index (χ4v) is 0.313. The molecule has 1 aromatic heterocycles. The van der Waals surface area contributed by atoms with Crippen LogP contribution in [-0.2, 0) is 4.79 Å². The van der Waals surface area contributed by atoms with Crippen molar-refractivity contribution < 1.29 is 23.1 Å². The summed E-state index contributed by atoms with van der Waals surface area (Å²) in [4.78, 5) is 12.7.